The molecular formula is C15H20FN2O2+. The third kappa shape index (κ3) is 6.21. The first-order chi connectivity index (χ1) is 9.43. The summed E-state index contributed by atoms with van der Waals surface area (Å²) in [7, 11) is 4.16. The Morgan fingerprint density at radius 3 is 2.55 bits per heavy atom. The van der Waals surface area contributed by atoms with E-state index in [-0.39, 0.29) is 12.4 Å². The maximum absolute atomic E-state index is 12.7. The third-order valence-corrected chi connectivity index (χ3v) is 2.85. The zero-order valence-corrected chi connectivity index (χ0v) is 12.1. The molecule has 0 spiro atoms. The van der Waals surface area contributed by atoms with Crippen molar-refractivity contribution < 1.29 is 18.4 Å². The summed E-state index contributed by atoms with van der Waals surface area (Å²) in [5, 5.41) is 2.49. The minimum Gasteiger partial charge on any atom is -0.436 e. The van der Waals surface area contributed by atoms with Gasteiger partial charge in [0.2, 0.25) is 0 Å². The first-order valence-corrected chi connectivity index (χ1v) is 6.40. The minimum atomic E-state index is -0.602. The number of nitrogens with one attached hydrogen (secondary N) is 1. The SMILES string of the molecule is CC[N+](C)(C)CC#CCOC(=O)Nc1ccc(F)cc1. The number of hydrogen-bond acceptors (Lipinski definition) is 2. The molecule has 1 aromatic rings. The van der Waals surface area contributed by atoms with Crippen molar-refractivity contribution >= 4 is 11.8 Å². The van der Waals surface area contributed by atoms with E-state index in [0.29, 0.717) is 12.2 Å². The number of ether oxygens (including phenoxy) is 1. The van der Waals surface area contributed by atoms with Crippen LogP contribution in [0.3, 0.4) is 0 Å². The molecule has 0 saturated heterocycles. The van der Waals surface area contributed by atoms with E-state index in [9.17, 15) is 9.18 Å². The molecule has 0 fully saturated rings. The molecular weight excluding hydrogens is 259 g/mol. The molecule has 0 heterocycles. The fourth-order valence-electron chi connectivity index (χ4n) is 1.22. The lowest BCUT2D eigenvalue weighted by Gasteiger charge is -2.25. The summed E-state index contributed by atoms with van der Waals surface area (Å²) in [5.74, 6) is 5.41. The molecule has 1 N–H and O–H groups in total. The van der Waals surface area contributed by atoms with Crippen molar-refractivity contribution in [3.63, 3.8) is 0 Å². The summed E-state index contributed by atoms with van der Waals surface area (Å²) >= 11 is 0. The molecule has 4 nitrogen and oxygen atoms in total. The summed E-state index contributed by atoms with van der Waals surface area (Å²) in [6, 6.07) is 5.45. The van der Waals surface area contributed by atoms with E-state index in [1.165, 1.54) is 24.3 Å². The van der Waals surface area contributed by atoms with Crippen molar-refractivity contribution in [2.75, 3.05) is 39.1 Å². The largest absolute Gasteiger partial charge is 0.436 e. The summed E-state index contributed by atoms with van der Waals surface area (Å²) in [4.78, 5) is 11.4. The molecule has 0 aromatic heterocycles. The van der Waals surface area contributed by atoms with E-state index in [0.717, 1.165) is 11.0 Å². The van der Waals surface area contributed by atoms with Gasteiger partial charge in [-0.1, -0.05) is 5.92 Å². The van der Waals surface area contributed by atoms with Crippen molar-refractivity contribution in [1.82, 2.24) is 0 Å². The van der Waals surface area contributed by atoms with Crippen LogP contribution in [0.1, 0.15) is 6.92 Å². The van der Waals surface area contributed by atoms with E-state index in [2.05, 4.69) is 38.2 Å². The van der Waals surface area contributed by atoms with Crippen molar-refractivity contribution in [1.29, 1.82) is 0 Å². The minimum absolute atomic E-state index is 0.0384. The lowest BCUT2D eigenvalue weighted by atomic mass is 10.3. The Balaban J connectivity index is 2.30. The average Bonchev–Trinajstić information content (AvgIpc) is 2.41. The highest BCUT2D eigenvalue weighted by atomic mass is 19.1. The molecule has 20 heavy (non-hydrogen) atoms. The van der Waals surface area contributed by atoms with Crippen LogP contribution in [0.2, 0.25) is 0 Å². The molecule has 108 valence electrons. The number of hydrogen-bond donors (Lipinski definition) is 1. The molecule has 5 heteroatoms. The molecule has 1 amide bonds. The van der Waals surface area contributed by atoms with Crippen LogP contribution in [0, 0.1) is 17.7 Å². The molecule has 0 unspecified atom stereocenters. The Morgan fingerprint density at radius 1 is 1.30 bits per heavy atom. The Bertz CT molecular complexity index is 501. The van der Waals surface area contributed by atoms with E-state index >= 15 is 0 Å². The number of rotatable bonds is 4. The number of amides is 1. The molecule has 0 atom stereocenters. The van der Waals surface area contributed by atoms with Crippen molar-refractivity contribution in [3.8, 4) is 11.8 Å². The van der Waals surface area contributed by atoms with E-state index < -0.39 is 6.09 Å². The standard InChI is InChI=1S/C15H19FN2O2/c1-4-18(2,3)11-5-6-12-20-15(19)17-14-9-7-13(16)8-10-14/h7-10H,4,11-12H2,1-3H3/p+1. The van der Waals surface area contributed by atoms with E-state index in [1.807, 2.05) is 0 Å². The highest BCUT2D eigenvalue weighted by molar-refractivity contribution is 5.84. The van der Waals surface area contributed by atoms with Gasteiger partial charge in [0.15, 0.2) is 6.61 Å². The maximum atomic E-state index is 12.7. The summed E-state index contributed by atoms with van der Waals surface area (Å²) < 4.78 is 18.4. The number of nitrogens with zero attached hydrogens (tertiary/aromatic N) is 1. The van der Waals surface area contributed by atoms with Gasteiger partial charge >= 0.3 is 6.09 Å². The number of benzene rings is 1. The van der Waals surface area contributed by atoms with Crippen LogP contribution >= 0.6 is 0 Å². The van der Waals surface area contributed by atoms with Crippen LogP contribution in [0.5, 0.6) is 0 Å². The summed E-state index contributed by atoms with van der Waals surface area (Å²) in [6.07, 6.45) is -0.602. The molecule has 0 aliphatic rings. The fraction of sp³-hybridized carbons (Fsp3) is 0.400. The first-order valence-electron chi connectivity index (χ1n) is 6.40. The Hall–Kier alpha value is -2.06. The molecule has 0 aliphatic heterocycles. The van der Waals surface area contributed by atoms with Crippen LogP contribution < -0.4 is 5.32 Å². The second-order valence-electron chi connectivity index (χ2n) is 4.97. The Labute approximate surface area is 119 Å². The Kier molecular flexibility index (Phi) is 6.01. The van der Waals surface area contributed by atoms with Gasteiger partial charge in [0.05, 0.1) is 20.6 Å². The van der Waals surface area contributed by atoms with Gasteiger partial charge in [-0.15, -0.1) is 0 Å². The van der Waals surface area contributed by atoms with Gasteiger partial charge in [0, 0.05) is 5.69 Å². The average molecular weight is 279 g/mol. The predicted molar refractivity (Wildman–Crippen MR) is 76.7 cm³/mol. The maximum Gasteiger partial charge on any atom is 0.412 e. The van der Waals surface area contributed by atoms with Gasteiger partial charge in [0.1, 0.15) is 12.4 Å². The van der Waals surface area contributed by atoms with Gasteiger partial charge in [-0.25, -0.2) is 9.18 Å². The highest BCUT2D eigenvalue weighted by Gasteiger charge is 2.08. The number of carbonyl (C=O) groups excluding carboxylic acids is 1. The van der Waals surface area contributed by atoms with E-state index in [4.69, 9.17) is 4.74 Å². The van der Waals surface area contributed by atoms with Crippen LogP contribution in [0.25, 0.3) is 0 Å². The second kappa shape index (κ2) is 7.51. The first kappa shape index (κ1) is 16.0. The Morgan fingerprint density at radius 2 is 1.95 bits per heavy atom. The summed E-state index contributed by atoms with van der Waals surface area (Å²) in [6.45, 7) is 3.82. The quantitative estimate of drug-likeness (QED) is 0.679. The van der Waals surface area contributed by atoms with Gasteiger partial charge < -0.3 is 9.22 Å². The van der Waals surface area contributed by atoms with Crippen molar-refractivity contribution in [2.45, 2.75) is 6.92 Å². The van der Waals surface area contributed by atoms with Crippen LogP contribution in [0.4, 0.5) is 14.9 Å². The van der Waals surface area contributed by atoms with Crippen molar-refractivity contribution in [2.24, 2.45) is 0 Å². The number of anilines is 1. The lowest BCUT2D eigenvalue weighted by Crippen LogP contribution is -2.39. The third-order valence-electron chi connectivity index (χ3n) is 2.85. The number of halogens is 1. The molecule has 1 rings (SSSR count). The van der Waals surface area contributed by atoms with Gasteiger partial charge in [-0.2, -0.15) is 0 Å². The highest BCUT2D eigenvalue weighted by Crippen LogP contribution is 2.08. The molecule has 1 aromatic carbocycles. The zero-order chi connectivity index (χ0) is 15.0. The topological polar surface area (TPSA) is 38.3 Å². The number of quaternary nitrogens is 1. The van der Waals surface area contributed by atoms with Crippen molar-refractivity contribution in [3.05, 3.63) is 30.1 Å². The molecule has 0 saturated carbocycles. The zero-order valence-electron chi connectivity index (χ0n) is 12.1. The van der Waals surface area contributed by atoms with Crippen LogP contribution in [-0.2, 0) is 4.74 Å². The van der Waals surface area contributed by atoms with Crippen LogP contribution in [0.15, 0.2) is 24.3 Å². The summed E-state index contributed by atoms with van der Waals surface area (Å²) in [5.41, 5.74) is 0.480. The van der Waals surface area contributed by atoms with Crippen LogP contribution in [-0.4, -0.2) is 44.4 Å². The lowest BCUT2D eigenvalue weighted by molar-refractivity contribution is -0.881. The molecule has 0 bridgehead atoms. The van der Waals surface area contributed by atoms with E-state index in [1.54, 1.807) is 0 Å². The van der Waals surface area contributed by atoms with Gasteiger partial charge in [-0.3, -0.25) is 5.32 Å². The molecule has 0 radical (unpaired) electrons. The molecule has 0 aliphatic carbocycles. The van der Waals surface area contributed by atoms with Gasteiger partial charge in [-0.05, 0) is 37.1 Å². The fourth-order valence-corrected chi connectivity index (χ4v) is 1.22. The second-order valence-corrected chi connectivity index (χ2v) is 4.97. The number of carbonyl (C=O) groups is 1. The smallest absolute Gasteiger partial charge is 0.412 e. The van der Waals surface area contributed by atoms with Gasteiger partial charge in [0.25, 0.3) is 0 Å². The monoisotopic (exact) mass is 279 g/mol. The predicted octanol–water partition coefficient (Wildman–Crippen LogP) is 2.47. The normalized spacial score (nSPS) is 10.4.